The molecule has 2 N–H and O–H groups in total. The molecule has 1 atom stereocenters. The molecule has 0 spiro atoms. The third kappa shape index (κ3) is 3.41. The van der Waals surface area contributed by atoms with E-state index in [9.17, 15) is 9.90 Å². The van der Waals surface area contributed by atoms with Gasteiger partial charge in [0.1, 0.15) is 28.3 Å². The van der Waals surface area contributed by atoms with Gasteiger partial charge in [-0.05, 0) is 31.0 Å². The van der Waals surface area contributed by atoms with Gasteiger partial charge in [0, 0.05) is 10.9 Å². The number of hydrogen-bond donors (Lipinski definition) is 2. The topological polar surface area (TPSA) is 84.3 Å². The highest BCUT2D eigenvalue weighted by molar-refractivity contribution is 7.17. The average molecular weight is 357 g/mol. The second-order valence-corrected chi connectivity index (χ2v) is 6.48. The fourth-order valence-corrected chi connectivity index (χ4v) is 3.63. The normalized spacial score (nSPS) is 12.1. The van der Waals surface area contributed by atoms with Crippen LogP contribution in [0.4, 0.5) is 5.82 Å². The minimum atomic E-state index is -0.895. The molecule has 0 saturated heterocycles. The van der Waals surface area contributed by atoms with Crippen molar-refractivity contribution < 1.29 is 14.6 Å². The number of aromatic nitrogens is 2. The van der Waals surface area contributed by atoms with Crippen LogP contribution in [0.25, 0.3) is 21.3 Å². The number of anilines is 1. The zero-order chi connectivity index (χ0) is 18.0. The molecule has 6 nitrogen and oxygen atoms in total. The van der Waals surface area contributed by atoms with E-state index < -0.39 is 12.0 Å². The first-order valence-electron chi connectivity index (χ1n) is 7.93. The maximum Gasteiger partial charge on any atom is 0.326 e. The predicted octanol–water partition coefficient (Wildman–Crippen LogP) is 3.95. The Morgan fingerprint density at radius 3 is 2.64 bits per heavy atom. The molecule has 0 radical (unpaired) electrons. The molecule has 130 valence electrons. The van der Waals surface area contributed by atoms with Crippen molar-refractivity contribution in [3.8, 4) is 16.9 Å². The Balaban J connectivity index is 2.12. The van der Waals surface area contributed by atoms with Crippen LogP contribution >= 0.6 is 11.3 Å². The van der Waals surface area contributed by atoms with Crippen LogP contribution in [0, 0.1) is 6.92 Å². The highest BCUT2D eigenvalue weighted by Crippen LogP contribution is 2.37. The Hall–Kier alpha value is -2.67. The molecule has 2 aromatic heterocycles. The number of thiophene rings is 1. The minimum Gasteiger partial charge on any atom is -0.497 e. The molecule has 7 heteroatoms. The molecule has 0 bridgehead atoms. The van der Waals surface area contributed by atoms with Gasteiger partial charge in [-0.1, -0.05) is 19.1 Å². The van der Waals surface area contributed by atoms with E-state index in [1.54, 1.807) is 14.0 Å². The molecule has 0 fully saturated rings. The number of hydrogen-bond acceptors (Lipinski definition) is 6. The van der Waals surface area contributed by atoms with Gasteiger partial charge in [0.05, 0.1) is 12.5 Å². The van der Waals surface area contributed by atoms with E-state index >= 15 is 0 Å². The molecule has 0 saturated carbocycles. The van der Waals surface area contributed by atoms with E-state index in [1.165, 1.54) is 11.3 Å². The number of ether oxygens (including phenoxy) is 1. The molecule has 1 aromatic carbocycles. The summed E-state index contributed by atoms with van der Waals surface area (Å²) in [7, 11) is 1.63. The first kappa shape index (κ1) is 17.2. The van der Waals surface area contributed by atoms with Crippen LogP contribution in [0.5, 0.6) is 5.75 Å². The average Bonchev–Trinajstić information content (AvgIpc) is 3.03. The summed E-state index contributed by atoms with van der Waals surface area (Å²) in [6.07, 6.45) is 0.460. The minimum absolute atomic E-state index is 0.460. The van der Waals surface area contributed by atoms with E-state index in [4.69, 9.17) is 4.74 Å². The standard InChI is InChI=1S/C18H19N3O3S/c1-4-14(18(22)23)21-16-15-13(9-25-17(15)20-10(2)19-16)11-5-7-12(24-3)8-6-11/h5-9,14H,4H2,1-3H3,(H,22,23)(H,19,20,21). The van der Waals surface area contributed by atoms with Crippen LogP contribution in [0.15, 0.2) is 29.6 Å². The Kier molecular flexibility index (Phi) is 4.85. The summed E-state index contributed by atoms with van der Waals surface area (Å²) in [5.74, 6) is 1.06. The highest BCUT2D eigenvalue weighted by Gasteiger charge is 2.20. The van der Waals surface area contributed by atoms with Crippen molar-refractivity contribution in [1.82, 2.24) is 9.97 Å². The summed E-state index contributed by atoms with van der Waals surface area (Å²) in [6, 6.07) is 7.04. The van der Waals surface area contributed by atoms with Crippen molar-refractivity contribution in [3.05, 3.63) is 35.5 Å². The molecule has 0 aliphatic heterocycles. The molecule has 2 heterocycles. The Labute approximate surface area is 149 Å². The third-order valence-electron chi connectivity index (χ3n) is 3.96. The largest absolute Gasteiger partial charge is 0.497 e. The van der Waals surface area contributed by atoms with E-state index in [-0.39, 0.29) is 0 Å². The van der Waals surface area contributed by atoms with E-state index in [2.05, 4.69) is 15.3 Å². The van der Waals surface area contributed by atoms with Crippen LogP contribution in [0.3, 0.4) is 0 Å². The second-order valence-electron chi connectivity index (χ2n) is 5.62. The van der Waals surface area contributed by atoms with Gasteiger partial charge in [-0.25, -0.2) is 14.8 Å². The number of aryl methyl sites for hydroxylation is 1. The van der Waals surface area contributed by atoms with Gasteiger partial charge < -0.3 is 15.2 Å². The van der Waals surface area contributed by atoms with Gasteiger partial charge in [0.2, 0.25) is 0 Å². The lowest BCUT2D eigenvalue weighted by Gasteiger charge is -2.15. The Morgan fingerprint density at radius 2 is 2.04 bits per heavy atom. The highest BCUT2D eigenvalue weighted by atomic mass is 32.1. The van der Waals surface area contributed by atoms with Crippen LogP contribution in [-0.4, -0.2) is 34.2 Å². The maximum atomic E-state index is 11.4. The zero-order valence-corrected chi connectivity index (χ0v) is 15.1. The fourth-order valence-electron chi connectivity index (χ4n) is 2.64. The number of aliphatic carboxylic acids is 1. The number of nitrogens with zero attached hydrogens (tertiary/aromatic N) is 2. The third-order valence-corrected chi connectivity index (χ3v) is 4.84. The number of carbonyl (C=O) groups is 1. The maximum absolute atomic E-state index is 11.4. The quantitative estimate of drug-likeness (QED) is 0.695. The zero-order valence-electron chi connectivity index (χ0n) is 14.2. The van der Waals surface area contributed by atoms with E-state index in [0.717, 1.165) is 27.1 Å². The smallest absolute Gasteiger partial charge is 0.326 e. The van der Waals surface area contributed by atoms with Crippen LogP contribution < -0.4 is 10.1 Å². The molecular formula is C18H19N3O3S. The summed E-state index contributed by atoms with van der Waals surface area (Å²) in [6.45, 7) is 3.63. The van der Waals surface area contributed by atoms with Gasteiger partial charge in [0.15, 0.2) is 0 Å². The van der Waals surface area contributed by atoms with Crippen molar-refractivity contribution in [2.24, 2.45) is 0 Å². The molecule has 3 aromatic rings. The first-order valence-corrected chi connectivity index (χ1v) is 8.81. The first-order chi connectivity index (χ1) is 12.0. The number of rotatable bonds is 6. The number of nitrogens with one attached hydrogen (secondary N) is 1. The number of benzene rings is 1. The summed E-state index contributed by atoms with van der Waals surface area (Å²) < 4.78 is 5.21. The summed E-state index contributed by atoms with van der Waals surface area (Å²) in [5, 5.41) is 15.3. The van der Waals surface area contributed by atoms with Crippen LogP contribution in [0.1, 0.15) is 19.2 Å². The van der Waals surface area contributed by atoms with Crippen molar-refractivity contribution in [3.63, 3.8) is 0 Å². The fraction of sp³-hybridized carbons (Fsp3) is 0.278. The molecule has 0 aliphatic rings. The van der Waals surface area contributed by atoms with Gasteiger partial charge in [-0.2, -0.15) is 0 Å². The van der Waals surface area contributed by atoms with Gasteiger partial charge in [-0.3, -0.25) is 0 Å². The molecule has 25 heavy (non-hydrogen) atoms. The van der Waals surface area contributed by atoms with Gasteiger partial charge in [-0.15, -0.1) is 11.3 Å². The summed E-state index contributed by atoms with van der Waals surface area (Å²) >= 11 is 1.52. The summed E-state index contributed by atoms with van der Waals surface area (Å²) in [5.41, 5.74) is 1.98. The van der Waals surface area contributed by atoms with E-state index in [1.807, 2.05) is 36.6 Å². The predicted molar refractivity (Wildman–Crippen MR) is 99.5 cm³/mol. The van der Waals surface area contributed by atoms with Crippen molar-refractivity contribution >= 4 is 33.3 Å². The van der Waals surface area contributed by atoms with Crippen molar-refractivity contribution in [1.29, 1.82) is 0 Å². The Morgan fingerprint density at radius 1 is 1.32 bits per heavy atom. The molecule has 3 rings (SSSR count). The van der Waals surface area contributed by atoms with Crippen molar-refractivity contribution in [2.75, 3.05) is 12.4 Å². The lowest BCUT2D eigenvalue weighted by molar-refractivity contribution is -0.137. The lowest BCUT2D eigenvalue weighted by atomic mass is 10.1. The van der Waals surface area contributed by atoms with Crippen LogP contribution in [0.2, 0.25) is 0 Å². The second kappa shape index (κ2) is 7.06. The Bertz CT molecular complexity index is 906. The SMILES string of the molecule is CCC(Nc1nc(C)nc2scc(-c3ccc(OC)cc3)c12)C(=O)O. The number of carboxylic acid groups (broad SMARTS) is 1. The van der Waals surface area contributed by atoms with E-state index in [0.29, 0.717) is 18.1 Å². The monoisotopic (exact) mass is 357 g/mol. The van der Waals surface area contributed by atoms with Crippen molar-refractivity contribution in [2.45, 2.75) is 26.3 Å². The number of carboxylic acids is 1. The van der Waals surface area contributed by atoms with Crippen LogP contribution in [-0.2, 0) is 4.79 Å². The molecule has 1 unspecified atom stereocenters. The van der Waals surface area contributed by atoms with Gasteiger partial charge >= 0.3 is 5.97 Å². The molecule has 0 amide bonds. The number of methoxy groups -OCH3 is 1. The number of fused-ring (bicyclic) bond motifs is 1. The molecular weight excluding hydrogens is 338 g/mol. The molecule has 0 aliphatic carbocycles. The van der Waals surface area contributed by atoms with Gasteiger partial charge in [0.25, 0.3) is 0 Å². The lowest BCUT2D eigenvalue weighted by Crippen LogP contribution is -2.29. The summed E-state index contributed by atoms with van der Waals surface area (Å²) in [4.78, 5) is 21.2.